The fourth-order valence-electron chi connectivity index (χ4n) is 1.01. The van der Waals surface area contributed by atoms with Gasteiger partial charge in [0.05, 0.1) is 0 Å². The van der Waals surface area contributed by atoms with Gasteiger partial charge in [0, 0.05) is 12.6 Å². The van der Waals surface area contributed by atoms with Crippen molar-refractivity contribution in [1.82, 2.24) is 9.97 Å². The smallest absolute Gasteiger partial charge is 0.239 e. The zero-order valence-electron chi connectivity index (χ0n) is 8.82. The van der Waals surface area contributed by atoms with Crippen molar-refractivity contribution in [1.29, 1.82) is 0 Å². The van der Waals surface area contributed by atoms with Gasteiger partial charge in [-0.25, -0.2) is 9.97 Å². The number of nitrogens with one attached hydrogen (secondary N) is 2. The first-order valence-corrected chi connectivity index (χ1v) is 4.75. The van der Waals surface area contributed by atoms with Gasteiger partial charge in [0.25, 0.3) is 0 Å². The summed E-state index contributed by atoms with van der Waals surface area (Å²) in [5.74, 6) is 0.873. The molecule has 1 heterocycles. The Morgan fingerprint density at radius 1 is 1.53 bits per heavy atom. The highest BCUT2D eigenvalue weighted by Crippen LogP contribution is 2.08. The van der Waals surface area contributed by atoms with Crippen molar-refractivity contribution in [3.63, 3.8) is 0 Å². The molecule has 0 bridgehead atoms. The molecule has 1 aromatic rings. The molecule has 0 aromatic carbocycles. The van der Waals surface area contributed by atoms with Crippen molar-refractivity contribution in [2.24, 2.45) is 5.73 Å². The lowest BCUT2D eigenvalue weighted by atomic mass is 10.3. The highest BCUT2D eigenvalue weighted by Gasteiger charge is 2.08. The molecule has 0 saturated carbocycles. The van der Waals surface area contributed by atoms with E-state index in [1.54, 1.807) is 13.0 Å². The van der Waals surface area contributed by atoms with Crippen LogP contribution in [0.15, 0.2) is 12.4 Å². The molecule has 6 heteroatoms. The van der Waals surface area contributed by atoms with Crippen LogP contribution >= 0.6 is 0 Å². The first-order valence-electron chi connectivity index (χ1n) is 4.75. The van der Waals surface area contributed by atoms with Gasteiger partial charge in [-0.1, -0.05) is 0 Å². The summed E-state index contributed by atoms with van der Waals surface area (Å²) in [6, 6.07) is 1.28. The van der Waals surface area contributed by atoms with Gasteiger partial charge in [0.1, 0.15) is 24.0 Å². The van der Waals surface area contributed by atoms with Gasteiger partial charge in [0.2, 0.25) is 5.91 Å². The fraction of sp³-hybridized carbons (Fsp3) is 0.444. The quantitative estimate of drug-likeness (QED) is 0.644. The summed E-state index contributed by atoms with van der Waals surface area (Å²) in [4.78, 5) is 18.8. The Kier molecular flexibility index (Phi) is 3.84. The van der Waals surface area contributed by atoms with Gasteiger partial charge in [-0.2, -0.15) is 0 Å². The second-order valence-corrected chi connectivity index (χ2v) is 3.09. The van der Waals surface area contributed by atoms with Gasteiger partial charge in [0.15, 0.2) is 0 Å². The average molecular weight is 209 g/mol. The minimum Gasteiger partial charge on any atom is -0.370 e. The lowest BCUT2D eigenvalue weighted by Gasteiger charge is -2.11. The molecule has 1 aromatic heterocycles. The Morgan fingerprint density at radius 2 is 2.20 bits per heavy atom. The lowest BCUT2D eigenvalue weighted by molar-refractivity contribution is -0.118. The lowest BCUT2D eigenvalue weighted by Crippen LogP contribution is -2.32. The maximum atomic E-state index is 10.8. The molecule has 0 saturated heterocycles. The first-order chi connectivity index (χ1) is 7.13. The van der Waals surface area contributed by atoms with E-state index < -0.39 is 11.9 Å². The summed E-state index contributed by atoms with van der Waals surface area (Å²) < 4.78 is 0. The van der Waals surface area contributed by atoms with Gasteiger partial charge >= 0.3 is 0 Å². The van der Waals surface area contributed by atoms with E-state index >= 15 is 0 Å². The number of hydrogen-bond acceptors (Lipinski definition) is 5. The van der Waals surface area contributed by atoms with Crippen LogP contribution in [0.2, 0.25) is 0 Å². The third-order valence-corrected chi connectivity index (χ3v) is 1.82. The molecule has 1 rings (SSSR count). The topological polar surface area (TPSA) is 92.9 Å². The van der Waals surface area contributed by atoms with Crippen LogP contribution in [0.4, 0.5) is 11.6 Å². The van der Waals surface area contributed by atoms with Crippen molar-refractivity contribution in [2.45, 2.75) is 19.9 Å². The third-order valence-electron chi connectivity index (χ3n) is 1.82. The number of carbonyl (C=O) groups excluding carboxylic acids is 1. The number of hydrogen-bond donors (Lipinski definition) is 3. The second-order valence-electron chi connectivity index (χ2n) is 3.09. The van der Waals surface area contributed by atoms with Crippen LogP contribution in [-0.2, 0) is 4.79 Å². The molecule has 1 amide bonds. The van der Waals surface area contributed by atoms with Gasteiger partial charge < -0.3 is 16.4 Å². The molecule has 0 aliphatic rings. The third kappa shape index (κ3) is 3.41. The number of nitrogens with two attached hydrogens (primary N) is 1. The zero-order chi connectivity index (χ0) is 11.3. The summed E-state index contributed by atoms with van der Waals surface area (Å²) in [6.45, 7) is 4.43. The predicted molar refractivity (Wildman–Crippen MR) is 58.5 cm³/mol. The number of anilines is 2. The molecule has 0 aliphatic heterocycles. The van der Waals surface area contributed by atoms with Crippen molar-refractivity contribution in [3.8, 4) is 0 Å². The SMILES string of the molecule is CCNc1cc(NC(C)C(N)=O)ncn1. The summed E-state index contributed by atoms with van der Waals surface area (Å²) in [7, 11) is 0. The van der Waals surface area contributed by atoms with Gasteiger partial charge in [-0.05, 0) is 13.8 Å². The number of carbonyl (C=O) groups is 1. The number of nitrogens with zero attached hydrogens (tertiary/aromatic N) is 2. The van der Waals surface area contributed by atoms with E-state index in [0.717, 1.165) is 6.54 Å². The highest BCUT2D eigenvalue weighted by molar-refractivity contribution is 5.82. The van der Waals surface area contributed by atoms with Gasteiger partial charge in [-0.3, -0.25) is 4.79 Å². The Labute approximate surface area is 88.3 Å². The van der Waals surface area contributed by atoms with Gasteiger partial charge in [-0.15, -0.1) is 0 Å². The maximum Gasteiger partial charge on any atom is 0.239 e. The molecule has 82 valence electrons. The van der Waals surface area contributed by atoms with E-state index in [1.807, 2.05) is 6.92 Å². The first kappa shape index (κ1) is 11.2. The molecule has 0 radical (unpaired) electrons. The normalized spacial score (nSPS) is 11.9. The molecule has 1 atom stereocenters. The van der Waals surface area contributed by atoms with Crippen LogP contribution in [0.25, 0.3) is 0 Å². The predicted octanol–water partition coefficient (Wildman–Crippen LogP) is 0.194. The average Bonchev–Trinajstić information content (AvgIpc) is 2.18. The van der Waals surface area contributed by atoms with Crippen LogP contribution < -0.4 is 16.4 Å². The van der Waals surface area contributed by atoms with Crippen LogP contribution in [0, 0.1) is 0 Å². The number of amides is 1. The van der Waals surface area contributed by atoms with Crippen LogP contribution in [0.3, 0.4) is 0 Å². The molecular formula is C9H15N5O. The van der Waals surface area contributed by atoms with E-state index in [2.05, 4.69) is 20.6 Å². The molecule has 0 spiro atoms. The Bertz CT molecular complexity index is 341. The largest absolute Gasteiger partial charge is 0.370 e. The number of rotatable bonds is 5. The molecule has 0 fully saturated rings. The Hall–Kier alpha value is -1.85. The minimum atomic E-state index is -0.450. The maximum absolute atomic E-state index is 10.8. The summed E-state index contributed by atoms with van der Waals surface area (Å²) in [6.07, 6.45) is 1.42. The Balaban J connectivity index is 2.68. The number of aromatic nitrogens is 2. The highest BCUT2D eigenvalue weighted by atomic mass is 16.1. The molecule has 0 aliphatic carbocycles. The van der Waals surface area contributed by atoms with E-state index in [0.29, 0.717) is 11.6 Å². The van der Waals surface area contributed by atoms with Crippen molar-refractivity contribution in [3.05, 3.63) is 12.4 Å². The monoisotopic (exact) mass is 209 g/mol. The summed E-state index contributed by atoms with van der Waals surface area (Å²) in [5, 5.41) is 5.92. The standard InChI is InChI=1S/C9H15N5O/c1-3-11-7-4-8(13-5-12-7)14-6(2)9(10)15/h4-6H,3H2,1-2H3,(H2,10,15)(H2,11,12,13,14). The van der Waals surface area contributed by atoms with Crippen LogP contribution in [0.5, 0.6) is 0 Å². The second kappa shape index (κ2) is 5.14. The molecular weight excluding hydrogens is 194 g/mol. The summed E-state index contributed by atoms with van der Waals surface area (Å²) in [5.41, 5.74) is 5.12. The van der Waals surface area contributed by atoms with Crippen molar-refractivity contribution < 1.29 is 4.79 Å². The van der Waals surface area contributed by atoms with Crippen molar-refractivity contribution in [2.75, 3.05) is 17.2 Å². The summed E-state index contributed by atoms with van der Waals surface area (Å²) >= 11 is 0. The molecule has 6 nitrogen and oxygen atoms in total. The molecule has 1 unspecified atom stereocenters. The van der Waals surface area contributed by atoms with E-state index in [9.17, 15) is 4.79 Å². The minimum absolute atomic E-state index is 0.418. The van der Waals surface area contributed by atoms with E-state index in [4.69, 9.17) is 5.73 Å². The van der Waals surface area contributed by atoms with Crippen molar-refractivity contribution >= 4 is 17.5 Å². The Morgan fingerprint density at radius 3 is 2.80 bits per heavy atom. The fourth-order valence-corrected chi connectivity index (χ4v) is 1.01. The van der Waals surface area contributed by atoms with E-state index in [1.165, 1.54) is 6.33 Å². The zero-order valence-corrected chi connectivity index (χ0v) is 8.82. The molecule has 15 heavy (non-hydrogen) atoms. The van der Waals surface area contributed by atoms with Crippen LogP contribution in [-0.4, -0.2) is 28.5 Å². The van der Waals surface area contributed by atoms with Crippen LogP contribution in [0.1, 0.15) is 13.8 Å². The molecule has 4 N–H and O–H groups in total. The van der Waals surface area contributed by atoms with E-state index in [-0.39, 0.29) is 0 Å². The number of primary amides is 1.